The van der Waals surface area contributed by atoms with Crippen LogP contribution in [0.3, 0.4) is 0 Å². The van der Waals surface area contributed by atoms with Crippen LogP contribution in [0.4, 0.5) is 11.4 Å². The van der Waals surface area contributed by atoms with E-state index in [1.165, 1.54) is 35.2 Å². The van der Waals surface area contributed by atoms with Crippen molar-refractivity contribution in [1.82, 2.24) is 0 Å². The Hall–Kier alpha value is -2.94. The van der Waals surface area contributed by atoms with Gasteiger partial charge in [-0.2, -0.15) is 0 Å². The molecular weight excluding hydrogens is 420 g/mol. The minimum Gasteiger partial charge on any atom is -0.507 e. The van der Waals surface area contributed by atoms with Crippen LogP contribution in [0, 0.1) is 10.1 Å². The Labute approximate surface area is 162 Å². The molecule has 9 heteroatoms. The van der Waals surface area contributed by atoms with Crippen LogP contribution in [-0.2, 0) is 16.0 Å². The van der Waals surface area contributed by atoms with Crippen LogP contribution in [0.25, 0.3) is 0 Å². The molecule has 1 heterocycles. The lowest BCUT2D eigenvalue weighted by molar-refractivity contribution is -0.384. The Kier molecular flexibility index (Phi) is 5.41. The van der Waals surface area contributed by atoms with Gasteiger partial charge < -0.3 is 14.7 Å². The summed E-state index contributed by atoms with van der Waals surface area (Å²) in [5.41, 5.74) is 1.21. The molecule has 0 saturated carbocycles. The number of anilines is 1. The van der Waals surface area contributed by atoms with E-state index in [4.69, 9.17) is 4.74 Å². The number of hydrogen-bond donors (Lipinski definition) is 1. The minimum atomic E-state index is -0.817. The average Bonchev–Trinajstić information content (AvgIpc) is 2.66. The zero-order chi connectivity index (χ0) is 19.6. The standard InChI is InChI=1S/C18H15BrN2O6/c19-12-3-6-16(22)14(9-12)18(24)27-10-17(23)20-7-1-2-11-8-13(21(25)26)4-5-15(11)20/h3-6,8-9,22H,1-2,7,10H2. The van der Waals surface area contributed by atoms with Gasteiger partial charge >= 0.3 is 5.97 Å². The van der Waals surface area contributed by atoms with Crippen molar-refractivity contribution >= 4 is 39.2 Å². The van der Waals surface area contributed by atoms with Gasteiger partial charge in [0.15, 0.2) is 6.61 Å². The third-order valence-electron chi connectivity index (χ3n) is 4.20. The van der Waals surface area contributed by atoms with Gasteiger partial charge in [0.05, 0.1) is 4.92 Å². The van der Waals surface area contributed by atoms with Gasteiger partial charge in [-0.15, -0.1) is 0 Å². The van der Waals surface area contributed by atoms with Crippen molar-refractivity contribution in [3.05, 3.63) is 62.1 Å². The molecule has 27 heavy (non-hydrogen) atoms. The zero-order valence-corrected chi connectivity index (χ0v) is 15.6. The molecule has 140 valence electrons. The van der Waals surface area contributed by atoms with Crippen LogP contribution < -0.4 is 4.90 Å². The molecule has 1 N–H and O–H groups in total. The molecule has 0 radical (unpaired) electrons. The van der Waals surface area contributed by atoms with Gasteiger partial charge in [-0.1, -0.05) is 15.9 Å². The Morgan fingerprint density at radius 2 is 2.04 bits per heavy atom. The molecule has 2 aromatic carbocycles. The SMILES string of the molecule is O=C(OCC(=O)N1CCCc2cc([N+](=O)[O-])ccc21)c1cc(Br)ccc1O. The maximum Gasteiger partial charge on any atom is 0.342 e. The summed E-state index contributed by atoms with van der Waals surface area (Å²) in [5.74, 6) is -1.50. The van der Waals surface area contributed by atoms with Gasteiger partial charge in [0.1, 0.15) is 11.3 Å². The van der Waals surface area contributed by atoms with Crippen molar-refractivity contribution in [1.29, 1.82) is 0 Å². The first-order valence-electron chi connectivity index (χ1n) is 8.10. The number of aryl methyl sites for hydroxylation is 1. The minimum absolute atomic E-state index is 0.0281. The van der Waals surface area contributed by atoms with Gasteiger partial charge in [-0.3, -0.25) is 14.9 Å². The van der Waals surface area contributed by atoms with Crippen molar-refractivity contribution in [2.45, 2.75) is 12.8 Å². The van der Waals surface area contributed by atoms with Crippen molar-refractivity contribution in [3.8, 4) is 5.75 Å². The lowest BCUT2D eigenvalue weighted by atomic mass is 10.0. The summed E-state index contributed by atoms with van der Waals surface area (Å²) in [6, 6.07) is 8.65. The van der Waals surface area contributed by atoms with E-state index in [9.17, 15) is 24.8 Å². The van der Waals surface area contributed by atoms with Gasteiger partial charge in [0, 0.05) is 28.8 Å². The second kappa shape index (κ2) is 7.75. The summed E-state index contributed by atoms with van der Waals surface area (Å²) >= 11 is 3.20. The third-order valence-corrected chi connectivity index (χ3v) is 4.69. The number of phenolic OH excluding ortho intramolecular Hbond substituents is 1. The number of aromatic hydroxyl groups is 1. The number of hydrogen-bond acceptors (Lipinski definition) is 6. The number of esters is 1. The Balaban J connectivity index is 1.71. The molecule has 0 fully saturated rings. The van der Waals surface area contributed by atoms with E-state index < -0.39 is 23.4 Å². The number of fused-ring (bicyclic) bond motifs is 1. The quantitative estimate of drug-likeness (QED) is 0.449. The monoisotopic (exact) mass is 434 g/mol. The zero-order valence-electron chi connectivity index (χ0n) is 14.1. The molecule has 0 aliphatic carbocycles. The van der Waals surface area contributed by atoms with Crippen LogP contribution in [0.15, 0.2) is 40.9 Å². The maximum absolute atomic E-state index is 12.5. The normalized spacial score (nSPS) is 13.0. The summed E-state index contributed by atoms with van der Waals surface area (Å²) in [6.45, 7) is -0.0649. The predicted octanol–water partition coefficient (Wildman–Crippen LogP) is 3.20. The predicted molar refractivity (Wildman–Crippen MR) is 99.9 cm³/mol. The molecule has 1 aliphatic heterocycles. The summed E-state index contributed by atoms with van der Waals surface area (Å²) in [7, 11) is 0. The van der Waals surface area contributed by atoms with E-state index in [1.807, 2.05) is 0 Å². The lowest BCUT2D eigenvalue weighted by Gasteiger charge is -2.29. The van der Waals surface area contributed by atoms with E-state index in [0.717, 1.165) is 0 Å². The summed E-state index contributed by atoms with van der Waals surface area (Å²) < 4.78 is 5.62. The summed E-state index contributed by atoms with van der Waals surface area (Å²) in [5, 5.41) is 20.7. The molecule has 0 aromatic heterocycles. The number of halogens is 1. The van der Waals surface area contributed by atoms with Crippen LogP contribution in [0.2, 0.25) is 0 Å². The molecule has 0 saturated heterocycles. The third kappa shape index (κ3) is 4.08. The Morgan fingerprint density at radius 1 is 1.26 bits per heavy atom. The van der Waals surface area contributed by atoms with Crippen LogP contribution in [0.5, 0.6) is 5.75 Å². The van der Waals surface area contributed by atoms with Gasteiger partial charge in [-0.05, 0) is 42.7 Å². The smallest absolute Gasteiger partial charge is 0.342 e. The number of carbonyl (C=O) groups is 2. The number of rotatable bonds is 4. The number of nitro benzene ring substituents is 1. The van der Waals surface area contributed by atoms with E-state index >= 15 is 0 Å². The molecule has 8 nitrogen and oxygen atoms in total. The highest BCUT2D eigenvalue weighted by Gasteiger charge is 2.25. The topological polar surface area (TPSA) is 110 Å². The molecule has 0 spiro atoms. The van der Waals surface area contributed by atoms with Crippen LogP contribution in [-0.4, -0.2) is 35.1 Å². The van der Waals surface area contributed by atoms with E-state index in [1.54, 1.807) is 6.07 Å². The first-order valence-corrected chi connectivity index (χ1v) is 8.89. The van der Waals surface area contributed by atoms with Crippen LogP contribution >= 0.6 is 15.9 Å². The molecule has 1 aliphatic rings. The number of benzene rings is 2. The highest BCUT2D eigenvalue weighted by atomic mass is 79.9. The highest BCUT2D eigenvalue weighted by molar-refractivity contribution is 9.10. The Bertz CT molecular complexity index is 930. The Morgan fingerprint density at radius 3 is 2.78 bits per heavy atom. The number of phenols is 1. The average molecular weight is 435 g/mol. The fourth-order valence-electron chi connectivity index (χ4n) is 2.91. The summed E-state index contributed by atoms with van der Waals surface area (Å²) in [6.07, 6.45) is 1.28. The van der Waals surface area contributed by atoms with Crippen molar-refractivity contribution in [2.24, 2.45) is 0 Å². The fraction of sp³-hybridized carbons (Fsp3) is 0.222. The lowest BCUT2D eigenvalue weighted by Crippen LogP contribution is -2.38. The molecule has 0 atom stereocenters. The molecular formula is C18H15BrN2O6. The van der Waals surface area contributed by atoms with E-state index in [2.05, 4.69) is 15.9 Å². The first-order chi connectivity index (χ1) is 12.9. The van der Waals surface area contributed by atoms with Crippen molar-refractivity contribution < 1.29 is 24.4 Å². The van der Waals surface area contributed by atoms with Crippen molar-refractivity contribution in [3.63, 3.8) is 0 Å². The molecule has 0 unspecified atom stereocenters. The van der Waals surface area contributed by atoms with Gasteiger partial charge in [-0.25, -0.2) is 4.79 Å². The number of nitro groups is 1. The second-order valence-corrected chi connectivity index (χ2v) is 6.87. The van der Waals surface area contributed by atoms with E-state index in [-0.39, 0.29) is 17.0 Å². The number of nitrogens with zero attached hydrogens (tertiary/aromatic N) is 2. The molecule has 3 rings (SSSR count). The molecule has 1 amide bonds. The van der Waals surface area contributed by atoms with Gasteiger partial charge in [0.25, 0.3) is 11.6 Å². The first kappa shape index (κ1) is 18.8. The molecule has 0 bridgehead atoms. The number of carbonyl (C=O) groups excluding carboxylic acids is 2. The van der Waals surface area contributed by atoms with E-state index in [0.29, 0.717) is 35.1 Å². The second-order valence-electron chi connectivity index (χ2n) is 5.96. The molecule has 2 aromatic rings. The summed E-state index contributed by atoms with van der Waals surface area (Å²) in [4.78, 5) is 36.5. The van der Waals surface area contributed by atoms with Crippen LogP contribution in [0.1, 0.15) is 22.3 Å². The fourth-order valence-corrected chi connectivity index (χ4v) is 3.27. The largest absolute Gasteiger partial charge is 0.507 e. The highest BCUT2D eigenvalue weighted by Crippen LogP contribution is 2.30. The number of ether oxygens (including phenoxy) is 1. The number of amides is 1. The maximum atomic E-state index is 12.5. The van der Waals surface area contributed by atoms with Crippen molar-refractivity contribution in [2.75, 3.05) is 18.1 Å². The van der Waals surface area contributed by atoms with Gasteiger partial charge in [0.2, 0.25) is 0 Å². The number of non-ortho nitro benzene ring substituents is 1.